The van der Waals surface area contributed by atoms with E-state index < -0.39 is 5.91 Å². The summed E-state index contributed by atoms with van der Waals surface area (Å²) in [6.07, 6.45) is 3.48. The Morgan fingerprint density at radius 1 is 1.40 bits per heavy atom. The molecule has 0 bridgehead atoms. The van der Waals surface area contributed by atoms with Crippen LogP contribution < -0.4 is 11.1 Å². The highest BCUT2D eigenvalue weighted by Crippen LogP contribution is 2.24. The second-order valence-corrected chi connectivity index (χ2v) is 6.29. The van der Waals surface area contributed by atoms with E-state index in [0.717, 1.165) is 12.8 Å². The summed E-state index contributed by atoms with van der Waals surface area (Å²) in [5, 5.41) is 5.09. The first-order chi connectivity index (χ1) is 9.49. The van der Waals surface area contributed by atoms with E-state index in [2.05, 4.69) is 24.1 Å². The summed E-state index contributed by atoms with van der Waals surface area (Å²) in [4.78, 5) is 25.6. The number of carbonyl (C=O) groups excluding carboxylic acids is 2. The van der Waals surface area contributed by atoms with Crippen LogP contribution in [0.15, 0.2) is 11.4 Å². The van der Waals surface area contributed by atoms with Crippen molar-refractivity contribution < 1.29 is 9.59 Å². The van der Waals surface area contributed by atoms with Gasteiger partial charge in [-0.3, -0.25) is 14.5 Å². The van der Waals surface area contributed by atoms with Gasteiger partial charge in [0, 0.05) is 12.1 Å². The Balaban J connectivity index is 1.98. The number of rotatable bonds is 4. The number of nitrogens with one attached hydrogen (secondary N) is 1. The van der Waals surface area contributed by atoms with Gasteiger partial charge >= 0.3 is 0 Å². The van der Waals surface area contributed by atoms with Gasteiger partial charge < -0.3 is 11.1 Å². The molecule has 0 unspecified atom stereocenters. The van der Waals surface area contributed by atoms with Crippen molar-refractivity contribution in [1.29, 1.82) is 0 Å². The van der Waals surface area contributed by atoms with E-state index in [1.165, 1.54) is 17.8 Å². The molecule has 0 spiro atoms. The summed E-state index contributed by atoms with van der Waals surface area (Å²) < 4.78 is 0. The van der Waals surface area contributed by atoms with Gasteiger partial charge in [0.25, 0.3) is 5.91 Å². The lowest BCUT2D eigenvalue weighted by Crippen LogP contribution is -2.47. The van der Waals surface area contributed by atoms with Gasteiger partial charge in [-0.15, -0.1) is 11.3 Å². The standard InChI is InChI=1S/C14H21N3O2S/c1-9-4-3-5-10(2)17(9)8-12(18)16-14-11(13(15)19)6-7-20-14/h6-7,9-10H,3-5,8H2,1-2H3,(H2,15,19)(H,16,18)/t9-,10-/m1/s1. The SMILES string of the molecule is C[C@@H]1CCC[C@@H](C)N1CC(=O)Nc1sccc1C(N)=O. The zero-order valence-electron chi connectivity index (χ0n) is 11.9. The number of primary amides is 1. The van der Waals surface area contributed by atoms with Crippen molar-refractivity contribution in [3.05, 3.63) is 17.0 Å². The average molecular weight is 295 g/mol. The van der Waals surface area contributed by atoms with Gasteiger partial charge in [-0.2, -0.15) is 0 Å². The topological polar surface area (TPSA) is 75.4 Å². The van der Waals surface area contributed by atoms with Crippen LogP contribution in [0.4, 0.5) is 5.00 Å². The highest BCUT2D eigenvalue weighted by Gasteiger charge is 2.26. The van der Waals surface area contributed by atoms with Crippen LogP contribution in [0.25, 0.3) is 0 Å². The minimum absolute atomic E-state index is 0.0875. The fourth-order valence-corrected chi connectivity index (χ4v) is 3.53. The summed E-state index contributed by atoms with van der Waals surface area (Å²) in [7, 11) is 0. The van der Waals surface area contributed by atoms with Crippen LogP contribution in [-0.4, -0.2) is 35.3 Å². The van der Waals surface area contributed by atoms with Gasteiger partial charge in [0.05, 0.1) is 12.1 Å². The molecule has 1 aromatic heterocycles. The third kappa shape index (κ3) is 3.37. The zero-order valence-corrected chi connectivity index (χ0v) is 12.7. The van der Waals surface area contributed by atoms with Gasteiger partial charge in [0.15, 0.2) is 0 Å². The summed E-state index contributed by atoms with van der Waals surface area (Å²) in [5.74, 6) is -0.600. The summed E-state index contributed by atoms with van der Waals surface area (Å²) in [6.45, 7) is 4.67. The second-order valence-electron chi connectivity index (χ2n) is 5.38. The molecule has 2 heterocycles. The molecule has 20 heavy (non-hydrogen) atoms. The van der Waals surface area contributed by atoms with Gasteiger partial charge in [-0.05, 0) is 38.1 Å². The Morgan fingerprint density at radius 3 is 2.65 bits per heavy atom. The van der Waals surface area contributed by atoms with Crippen molar-refractivity contribution in [3.8, 4) is 0 Å². The maximum absolute atomic E-state index is 12.1. The summed E-state index contributed by atoms with van der Waals surface area (Å²) in [5.41, 5.74) is 5.65. The molecule has 6 heteroatoms. The molecule has 2 atom stereocenters. The molecule has 110 valence electrons. The highest BCUT2D eigenvalue weighted by atomic mass is 32.1. The number of likely N-dealkylation sites (tertiary alicyclic amines) is 1. The Labute approximate surface area is 123 Å². The molecule has 0 saturated carbocycles. The minimum atomic E-state index is -0.513. The number of amides is 2. The van der Waals surface area contributed by atoms with Gasteiger partial charge in [0.1, 0.15) is 5.00 Å². The van der Waals surface area contributed by atoms with Crippen molar-refractivity contribution in [2.24, 2.45) is 5.73 Å². The van der Waals surface area contributed by atoms with Crippen molar-refractivity contribution in [2.75, 3.05) is 11.9 Å². The Morgan fingerprint density at radius 2 is 2.05 bits per heavy atom. The predicted molar refractivity (Wildman–Crippen MR) is 80.9 cm³/mol. The number of hydrogen-bond donors (Lipinski definition) is 2. The van der Waals surface area contributed by atoms with Crippen LogP contribution in [0.2, 0.25) is 0 Å². The monoisotopic (exact) mass is 295 g/mol. The quantitative estimate of drug-likeness (QED) is 0.892. The number of piperidine rings is 1. The van der Waals surface area contributed by atoms with Gasteiger partial charge in [0.2, 0.25) is 5.91 Å². The maximum Gasteiger partial charge on any atom is 0.251 e. The molecule has 1 aliphatic rings. The second kappa shape index (κ2) is 6.37. The largest absolute Gasteiger partial charge is 0.366 e. The van der Waals surface area contributed by atoms with E-state index in [1.54, 1.807) is 11.4 Å². The van der Waals surface area contributed by atoms with Crippen LogP contribution in [-0.2, 0) is 4.79 Å². The Kier molecular flexibility index (Phi) is 4.77. The molecule has 1 saturated heterocycles. The molecule has 0 aromatic carbocycles. The van der Waals surface area contributed by atoms with E-state index >= 15 is 0 Å². The average Bonchev–Trinajstić information content (AvgIpc) is 2.82. The molecular formula is C14H21N3O2S. The lowest BCUT2D eigenvalue weighted by atomic mass is 9.97. The Bertz CT molecular complexity index is 490. The smallest absolute Gasteiger partial charge is 0.251 e. The lowest BCUT2D eigenvalue weighted by molar-refractivity contribution is -0.118. The molecule has 2 amide bonds. The summed E-state index contributed by atoms with van der Waals surface area (Å²) >= 11 is 1.32. The maximum atomic E-state index is 12.1. The van der Waals surface area contributed by atoms with Crippen LogP contribution in [0, 0.1) is 0 Å². The van der Waals surface area contributed by atoms with Crippen molar-refractivity contribution in [3.63, 3.8) is 0 Å². The minimum Gasteiger partial charge on any atom is -0.366 e. The highest BCUT2D eigenvalue weighted by molar-refractivity contribution is 7.14. The third-order valence-corrected chi connectivity index (χ3v) is 4.72. The molecule has 1 aromatic rings. The van der Waals surface area contributed by atoms with E-state index in [1.807, 2.05) is 0 Å². The van der Waals surface area contributed by atoms with E-state index in [0.29, 0.717) is 29.2 Å². The number of hydrogen-bond acceptors (Lipinski definition) is 4. The first-order valence-electron chi connectivity index (χ1n) is 6.92. The Hall–Kier alpha value is -1.40. The van der Waals surface area contributed by atoms with Crippen molar-refractivity contribution >= 4 is 28.2 Å². The predicted octanol–water partition coefficient (Wildman–Crippen LogP) is 2.05. The summed E-state index contributed by atoms with van der Waals surface area (Å²) in [6, 6.07) is 2.47. The first-order valence-corrected chi connectivity index (χ1v) is 7.80. The molecule has 2 rings (SSSR count). The van der Waals surface area contributed by atoms with Gasteiger partial charge in [-0.25, -0.2) is 0 Å². The molecule has 5 nitrogen and oxygen atoms in total. The molecular weight excluding hydrogens is 274 g/mol. The molecule has 1 fully saturated rings. The van der Waals surface area contributed by atoms with Crippen LogP contribution in [0.3, 0.4) is 0 Å². The van der Waals surface area contributed by atoms with Crippen molar-refractivity contribution in [2.45, 2.75) is 45.2 Å². The number of nitrogens with two attached hydrogens (primary N) is 1. The first kappa shape index (κ1) is 15.0. The number of thiophene rings is 1. The molecule has 1 aliphatic heterocycles. The molecule has 0 radical (unpaired) electrons. The van der Waals surface area contributed by atoms with E-state index in [-0.39, 0.29) is 5.91 Å². The van der Waals surface area contributed by atoms with Crippen LogP contribution in [0.1, 0.15) is 43.5 Å². The van der Waals surface area contributed by atoms with Crippen LogP contribution in [0.5, 0.6) is 0 Å². The van der Waals surface area contributed by atoms with Crippen molar-refractivity contribution in [1.82, 2.24) is 4.90 Å². The third-order valence-electron chi connectivity index (χ3n) is 3.89. The van der Waals surface area contributed by atoms with E-state index in [9.17, 15) is 9.59 Å². The lowest BCUT2D eigenvalue weighted by Gasteiger charge is -2.38. The zero-order chi connectivity index (χ0) is 14.7. The molecule has 0 aliphatic carbocycles. The van der Waals surface area contributed by atoms with Gasteiger partial charge in [-0.1, -0.05) is 6.42 Å². The van der Waals surface area contributed by atoms with Crippen LogP contribution >= 0.6 is 11.3 Å². The fourth-order valence-electron chi connectivity index (χ4n) is 2.72. The number of nitrogens with zero attached hydrogens (tertiary/aromatic N) is 1. The van der Waals surface area contributed by atoms with E-state index in [4.69, 9.17) is 5.73 Å². The molecule has 3 N–H and O–H groups in total. The number of carbonyl (C=O) groups is 2. The normalized spacial score (nSPS) is 23.5. The number of anilines is 1. The fraction of sp³-hybridized carbons (Fsp3) is 0.571.